The van der Waals surface area contributed by atoms with Crippen LogP contribution < -0.4 is 5.32 Å². The van der Waals surface area contributed by atoms with Crippen LogP contribution in [0.5, 0.6) is 0 Å². The summed E-state index contributed by atoms with van der Waals surface area (Å²) in [5, 5.41) is 2.99. The molecule has 0 bridgehead atoms. The number of nitrogens with zero attached hydrogens (tertiary/aromatic N) is 3. The van der Waals surface area contributed by atoms with Gasteiger partial charge < -0.3 is 5.32 Å². The summed E-state index contributed by atoms with van der Waals surface area (Å²) in [6, 6.07) is 10.0. The Morgan fingerprint density at radius 2 is 2.03 bits per heavy atom. The quantitative estimate of drug-likeness (QED) is 0.670. The molecule has 1 N–H and O–H groups in total. The number of hydrogen-bond acceptors (Lipinski definition) is 6. The molecule has 0 aliphatic carbocycles. The fraction of sp³-hybridized carbons (Fsp3) is 0.350. The fourth-order valence-electron chi connectivity index (χ4n) is 3.81. The highest BCUT2D eigenvalue weighted by Crippen LogP contribution is 2.31. The van der Waals surface area contributed by atoms with E-state index in [0.717, 1.165) is 35.0 Å². The van der Waals surface area contributed by atoms with Gasteiger partial charge in [0.05, 0.1) is 11.7 Å². The van der Waals surface area contributed by atoms with Crippen molar-refractivity contribution >= 4 is 44.4 Å². The summed E-state index contributed by atoms with van der Waals surface area (Å²) < 4.78 is 36.4. The molecule has 0 radical (unpaired) electrons. The van der Waals surface area contributed by atoms with E-state index >= 15 is 0 Å². The van der Waals surface area contributed by atoms with Crippen molar-refractivity contribution in [2.75, 3.05) is 11.9 Å². The summed E-state index contributed by atoms with van der Waals surface area (Å²) in [6.45, 7) is 4.27. The normalized spacial score (nSPS) is 17.7. The van der Waals surface area contributed by atoms with Crippen molar-refractivity contribution in [1.82, 2.24) is 13.1 Å². The topological polar surface area (TPSA) is 92.3 Å². The lowest BCUT2D eigenvalue weighted by Gasteiger charge is -2.24. The number of anilines is 1. The van der Waals surface area contributed by atoms with Gasteiger partial charge in [0.25, 0.3) is 0 Å². The molecule has 2 heterocycles. The number of rotatable bonds is 5. The van der Waals surface area contributed by atoms with E-state index in [1.54, 1.807) is 12.1 Å². The molecule has 0 spiro atoms. The second-order valence-electron chi connectivity index (χ2n) is 7.11. The van der Waals surface area contributed by atoms with Crippen molar-refractivity contribution in [3.05, 3.63) is 47.5 Å². The molecule has 1 aliphatic heterocycles. The lowest BCUT2D eigenvalue weighted by Crippen LogP contribution is -2.43. The third-order valence-electron chi connectivity index (χ3n) is 5.33. The van der Waals surface area contributed by atoms with E-state index in [4.69, 9.17) is 0 Å². The largest absolute Gasteiger partial charge is 0.324 e. The standard InChI is InChI=1S/C20H22N4O3S2/c1-3-14-8-4-7-13(2)18(14)21-20(25)16-10-6-12-24(16)29(26,27)17-11-5-9-15-19(17)23-28-22-15/h4-5,7-9,11,16H,3,6,10,12H2,1-2H3,(H,21,25)/t16-/m1/s1. The van der Waals surface area contributed by atoms with Crippen LogP contribution in [0.15, 0.2) is 41.3 Å². The smallest absolute Gasteiger partial charge is 0.246 e. The maximum absolute atomic E-state index is 13.4. The molecule has 29 heavy (non-hydrogen) atoms. The number of sulfonamides is 1. The van der Waals surface area contributed by atoms with Crippen LogP contribution >= 0.6 is 11.7 Å². The van der Waals surface area contributed by atoms with Crippen molar-refractivity contribution in [3.63, 3.8) is 0 Å². The molecule has 3 aromatic rings. The van der Waals surface area contributed by atoms with Crippen LogP contribution in [0.1, 0.15) is 30.9 Å². The van der Waals surface area contributed by atoms with Gasteiger partial charge in [0.2, 0.25) is 15.9 Å². The van der Waals surface area contributed by atoms with Gasteiger partial charge in [-0.1, -0.05) is 31.2 Å². The first-order valence-corrected chi connectivity index (χ1v) is 11.7. The van der Waals surface area contributed by atoms with Gasteiger partial charge in [-0.15, -0.1) is 0 Å². The van der Waals surface area contributed by atoms with Crippen LogP contribution in [0.3, 0.4) is 0 Å². The second-order valence-corrected chi connectivity index (χ2v) is 9.50. The van der Waals surface area contributed by atoms with Crippen molar-refractivity contribution < 1.29 is 13.2 Å². The molecule has 7 nitrogen and oxygen atoms in total. The number of hydrogen-bond donors (Lipinski definition) is 1. The van der Waals surface area contributed by atoms with Crippen LogP contribution in [0.25, 0.3) is 11.0 Å². The molecule has 2 aromatic carbocycles. The van der Waals surface area contributed by atoms with Gasteiger partial charge in [-0.05, 0) is 49.4 Å². The van der Waals surface area contributed by atoms with Gasteiger partial charge in [0.1, 0.15) is 22.0 Å². The minimum Gasteiger partial charge on any atom is -0.324 e. The lowest BCUT2D eigenvalue weighted by molar-refractivity contribution is -0.119. The molecule has 1 fully saturated rings. The zero-order chi connectivity index (χ0) is 20.6. The Morgan fingerprint density at radius 3 is 2.83 bits per heavy atom. The minimum absolute atomic E-state index is 0.105. The van der Waals surface area contributed by atoms with Crippen LogP contribution in [0.2, 0.25) is 0 Å². The second kappa shape index (κ2) is 7.81. The predicted octanol–water partition coefficient (Wildman–Crippen LogP) is 3.35. The summed E-state index contributed by atoms with van der Waals surface area (Å²) in [4.78, 5) is 13.2. The van der Waals surface area contributed by atoms with E-state index in [-0.39, 0.29) is 10.8 Å². The number of amides is 1. The molecule has 0 unspecified atom stereocenters. The lowest BCUT2D eigenvalue weighted by atomic mass is 10.1. The number of benzene rings is 2. The SMILES string of the molecule is CCc1cccc(C)c1NC(=O)[C@H]1CCCN1S(=O)(=O)c1cccc2nsnc12. The van der Waals surface area contributed by atoms with E-state index in [9.17, 15) is 13.2 Å². The van der Waals surface area contributed by atoms with E-state index in [0.29, 0.717) is 30.4 Å². The van der Waals surface area contributed by atoms with E-state index < -0.39 is 16.1 Å². The molecule has 4 rings (SSSR count). The Bertz CT molecular complexity index is 1170. The zero-order valence-electron chi connectivity index (χ0n) is 16.3. The van der Waals surface area contributed by atoms with Gasteiger partial charge in [-0.25, -0.2) is 8.42 Å². The van der Waals surface area contributed by atoms with E-state index in [2.05, 4.69) is 14.1 Å². The highest BCUT2D eigenvalue weighted by atomic mass is 32.2. The Kier molecular flexibility index (Phi) is 5.37. The highest BCUT2D eigenvalue weighted by Gasteiger charge is 2.40. The van der Waals surface area contributed by atoms with Gasteiger partial charge in [-0.3, -0.25) is 4.79 Å². The van der Waals surface area contributed by atoms with Crippen molar-refractivity contribution in [3.8, 4) is 0 Å². The van der Waals surface area contributed by atoms with Gasteiger partial charge in [-0.2, -0.15) is 13.1 Å². The number of carbonyl (C=O) groups is 1. The molecule has 1 aromatic heterocycles. The van der Waals surface area contributed by atoms with Crippen molar-refractivity contribution in [1.29, 1.82) is 0 Å². The maximum Gasteiger partial charge on any atom is 0.246 e. The average Bonchev–Trinajstić information content (AvgIpc) is 3.38. The molecule has 152 valence electrons. The average molecular weight is 431 g/mol. The maximum atomic E-state index is 13.4. The van der Waals surface area contributed by atoms with E-state index in [1.807, 2.05) is 32.0 Å². The monoisotopic (exact) mass is 430 g/mol. The van der Waals surface area contributed by atoms with Crippen LogP contribution in [0.4, 0.5) is 5.69 Å². The summed E-state index contributed by atoms with van der Waals surface area (Å²) >= 11 is 0.978. The summed E-state index contributed by atoms with van der Waals surface area (Å²) in [5.41, 5.74) is 3.67. The van der Waals surface area contributed by atoms with Crippen molar-refractivity contribution in [2.45, 2.75) is 44.0 Å². The Balaban J connectivity index is 1.66. The molecule has 1 saturated heterocycles. The molecule has 0 saturated carbocycles. The third-order valence-corrected chi connectivity index (χ3v) is 7.81. The van der Waals surface area contributed by atoms with Gasteiger partial charge >= 0.3 is 0 Å². The molecular formula is C20H22N4O3S2. The zero-order valence-corrected chi connectivity index (χ0v) is 17.9. The number of fused-ring (bicyclic) bond motifs is 1. The number of para-hydroxylation sites is 1. The van der Waals surface area contributed by atoms with E-state index in [1.165, 1.54) is 10.4 Å². The summed E-state index contributed by atoms with van der Waals surface area (Å²) in [5.74, 6) is -0.293. The number of carbonyl (C=O) groups excluding carboxylic acids is 1. The van der Waals surface area contributed by atoms with Gasteiger partial charge in [0.15, 0.2) is 0 Å². The minimum atomic E-state index is -3.87. The molecule has 9 heteroatoms. The predicted molar refractivity (Wildman–Crippen MR) is 114 cm³/mol. The van der Waals surface area contributed by atoms with Crippen LogP contribution in [-0.2, 0) is 21.2 Å². The van der Waals surface area contributed by atoms with Crippen LogP contribution in [-0.4, -0.2) is 40.0 Å². The van der Waals surface area contributed by atoms with Crippen molar-refractivity contribution in [2.24, 2.45) is 0 Å². The summed E-state index contributed by atoms with van der Waals surface area (Å²) in [6.07, 6.45) is 1.91. The number of nitrogens with one attached hydrogen (secondary N) is 1. The van der Waals surface area contributed by atoms with Gasteiger partial charge in [0, 0.05) is 12.2 Å². The first kappa shape index (κ1) is 19.9. The fourth-order valence-corrected chi connectivity index (χ4v) is 6.23. The first-order valence-electron chi connectivity index (χ1n) is 9.56. The number of aromatic nitrogens is 2. The molecular weight excluding hydrogens is 408 g/mol. The third kappa shape index (κ3) is 3.54. The van der Waals surface area contributed by atoms with Crippen LogP contribution in [0, 0.1) is 6.92 Å². The first-order chi connectivity index (χ1) is 13.9. The molecule has 1 aliphatic rings. The molecule has 1 atom stereocenters. The number of aryl methyl sites for hydroxylation is 2. The summed E-state index contributed by atoms with van der Waals surface area (Å²) in [7, 11) is -3.87. The Hall–Kier alpha value is -2.36. The Labute approximate surface area is 174 Å². The Morgan fingerprint density at radius 1 is 1.24 bits per heavy atom. The molecule has 1 amide bonds. The highest BCUT2D eigenvalue weighted by molar-refractivity contribution is 7.89.